The number of aryl methyl sites for hydroxylation is 1. The topological polar surface area (TPSA) is 15.6 Å². The van der Waals surface area contributed by atoms with Crippen LogP contribution in [0.25, 0.3) is 23.0 Å². The SMILES string of the molecule is Cc1cc(C#Cc2cccs2)ccc1N1C=c2ccccc2=NC1/C=C/c1ccc2ccccc2c1. The van der Waals surface area contributed by atoms with Gasteiger partial charge in [-0.15, -0.1) is 11.3 Å². The largest absolute Gasteiger partial charge is 0.321 e. The zero-order valence-electron chi connectivity index (χ0n) is 19.9. The lowest BCUT2D eigenvalue weighted by Gasteiger charge is -2.29. The molecule has 1 aromatic heterocycles. The van der Waals surface area contributed by atoms with Gasteiger partial charge in [-0.05, 0) is 76.7 Å². The summed E-state index contributed by atoms with van der Waals surface area (Å²) in [5.74, 6) is 6.56. The summed E-state index contributed by atoms with van der Waals surface area (Å²) >= 11 is 1.66. The summed E-state index contributed by atoms with van der Waals surface area (Å²) in [6.07, 6.45) is 6.41. The lowest BCUT2D eigenvalue weighted by molar-refractivity contribution is 0.796. The average Bonchev–Trinajstić information content (AvgIpc) is 3.44. The van der Waals surface area contributed by atoms with Gasteiger partial charge in [0.15, 0.2) is 0 Å². The van der Waals surface area contributed by atoms with Gasteiger partial charge in [0.05, 0.1) is 10.2 Å². The Labute approximate surface area is 215 Å². The van der Waals surface area contributed by atoms with Crippen molar-refractivity contribution >= 4 is 40.1 Å². The molecule has 2 nitrogen and oxygen atoms in total. The molecule has 6 rings (SSSR count). The molecule has 0 fully saturated rings. The maximum absolute atomic E-state index is 5.10. The number of para-hydroxylation sites is 1. The number of nitrogens with zero attached hydrogens (tertiary/aromatic N) is 2. The van der Waals surface area contributed by atoms with Gasteiger partial charge >= 0.3 is 0 Å². The molecule has 3 heteroatoms. The van der Waals surface area contributed by atoms with Gasteiger partial charge in [0.25, 0.3) is 0 Å². The van der Waals surface area contributed by atoms with Crippen LogP contribution in [0.5, 0.6) is 0 Å². The van der Waals surface area contributed by atoms with Crippen LogP contribution in [0, 0.1) is 18.8 Å². The van der Waals surface area contributed by atoms with E-state index in [1.807, 2.05) is 18.2 Å². The van der Waals surface area contributed by atoms with Crippen molar-refractivity contribution in [1.29, 1.82) is 0 Å². The fraction of sp³-hybridized carbons (Fsp3) is 0.0606. The summed E-state index contributed by atoms with van der Waals surface area (Å²) in [7, 11) is 0. The van der Waals surface area contributed by atoms with Gasteiger partial charge in [0, 0.05) is 22.7 Å². The van der Waals surface area contributed by atoms with Crippen LogP contribution in [0.4, 0.5) is 5.69 Å². The molecule has 0 N–H and O–H groups in total. The summed E-state index contributed by atoms with van der Waals surface area (Å²) < 4.78 is 0. The molecular weight excluding hydrogens is 456 g/mol. The van der Waals surface area contributed by atoms with E-state index in [1.54, 1.807) is 11.3 Å². The molecule has 0 saturated heterocycles. The van der Waals surface area contributed by atoms with Crippen molar-refractivity contribution in [3.05, 3.63) is 141 Å². The molecule has 0 spiro atoms. The van der Waals surface area contributed by atoms with Crippen molar-refractivity contribution in [3.8, 4) is 11.8 Å². The Morgan fingerprint density at radius 1 is 0.833 bits per heavy atom. The second-order valence-corrected chi connectivity index (χ2v) is 9.78. The first kappa shape index (κ1) is 22.1. The Morgan fingerprint density at radius 2 is 1.69 bits per heavy atom. The van der Waals surface area contributed by atoms with Gasteiger partial charge in [0.2, 0.25) is 0 Å². The molecule has 1 unspecified atom stereocenters. The smallest absolute Gasteiger partial charge is 0.144 e. The monoisotopic (exact) mass is 480 g/mol. The highest BCUT2D eigenvalue weighted by atomic mass is 32.1. The van der Waals surface area contributed by atoms with Crippen molar-refractivity contribution in [2.75, 3.05) is 4.90 Å². The lowest BCUT2D eigenvalue weighted by Crippen LogP contribution is -2.41. The molecule has 1 aliphatic heterocycles. The van der Waals surface area contributed by atoms with E-state index in [4.69, 9.17) is 4.99 Å². The Morgan fingerprint density at radius 3 is 2.56 bits per heavy atom. The first-order valence-corrected chi connectivity index (χ1v) is 12.9. The maximum Gasteiger partial charge on any atom is 0.144 e. The van der Waals surface area contributed by atoms with Crippen LogP contribution in [-0.4, -0.2) is 6.17 Å². The average molecular weight is 481 g/mol. The van der Waals surface area contributed by atoms with Crippen LogP contribution in [0.2, 0.25) is 0 Å². The van der Waals surface area contributed by atoms with Crippen LogP contribution in [-0.2, 0) is 0 Å². The van der Waals surface area contributed by atoms with E-state index >= 15 is 0 Å². The molecule has 0 amide bonds. The van der Waals surface area contributed by atoms with Crippen molar-refractivity contribution < 1.29 is 0 Å². The number of benzene rings is 4. The Bertz CT molecular complexity index is 1770. The number of anilines is 1. The van der Waals surface area contributed by atoms with Crippen LogP contribution < -0.4 is 15.5 Å². The zero-order chi connectivity index (χ0) is 24.3. The summed E-state index contributed by atoms with van der Waals surface area (Å²) in [5.41, 5.74) is 4.48. The first-order chi connectivity index (χ1) is 17.7. The van der Waals surface area contributed by atoms with E-state index in [9.17, 15) is 0 Å². The minimum Gasteiger partial charge on any atom is -0.321 e. The van der Waals surface area contributed by atoms with Gasteiger partial charge in [-0.3, -0.25) is 4.99 Å². The third-order valence-corrected chi connectivity index (χ3v) is 7.12. The normalized spacial score (nSPS) is 14.6. The van der Waals surface area contributed by atoms with Gasteiger partial charge in [-0.25, -0.2) is 0 Å². The third kappa shape index (κ3) is 4.60. The maximum atomic E-state index is 5.10. The highest BCUT2D eigenvalue weighted by molar-refractivity contribution is 7.10. The molecule has 1 atom stereocenters. The molecule has 36 heavy (non-hydrogen) atoms. The third-order valence-electron chi connectivity index (χ3n) is 6.33. The van der Waals surface area contributed by atoms with E-state index in [1.165, 1.54) is 21.9 Å². The fourth-order valence-corrected chi connectivity index (χ4v) is 5.08. The van der Waals surface area contributed by atoms with Crippen molar-refractivity contribution in [2.45, 2.75) is 13.1 Å². The predicted octanol–water partition coefficient (Wildman–Crippen LogP) is 6.53. The van der Waals surface area contributed by atoms with Crippen LogP contribution in [0.15, 0.2) is 114 Å². The van der Waals surface area contributed by atoms with E-state index in [2.05, 4.69) is 126 Å². The molecule has 2 heterocycles. The number of rotatable bonds is 3. The number of thiophene rings is 1. The molecular formula is C33H24N2S. The second-order valence-electron chi connectivity index (χ2n) is 8.83. The molecule has 0 saturated carbocycles. The van der Waals surface area contributed by atoms with E-state index in [0.717, 1.165) is 26.7 Å². The first-order valence-electron chi connectivity index (χ1n) is 12.0. The molecule has 5 aromatic rings. The molecule has 0 bridgehead atoms. The van der Waals surface area contributed by atoms with Crippen molar-refractivity contribution in [3.63, 3.8) is 0 Å². The van der Waals surface area contributed by atoms with Gasteiger partial charge in [0.1, 0.15) is 6.17 Å². The highest BCUT2D eigenvalue weighted by Crippen LogP contribution is 2.26. The Hall–Kier alpha value is -4.39. The number of hydrogen-bond acceptors (Lipinski definition) is 3. The van der Waals surface area contributed by atoms with Gasteiger partial charge in [-0.1, -0.05) is 78.6 Å². The summed E-state index contributed by atoms with van der Waals surface area (Å²) in [5, 5.41) is 6.67. The summed E-state index contributed by atoms with van der Waals surface area (Å²) in [6, 6.07) is 33.8. The highest BCUT2D eigenvalue weighted by Gasteiger charge is 2.18. The van der Waals surface area contributed by atoms with E-state index in [-0.39, 0.29) is 6.17 Å². The Kier molecular flexibility index (Phi) is 5.95. The fourth-order valence-electron chi connectivity index (χ4n) is 4.51. The minimum absolute atomic E-state index is 0.145. The van der Waals surface area contributed by atoms with Crippen molar-refractivity contribution in [1.82, 2.24) is 0 Å². The molecule has 1 aliphatic rings. The minimum atomic E-state index is -0.145. The van der Waals surface area contributed by atoms with E-state index < -0.39 is 0 Å². The number of fused-ring (bicyclic) bond motifs is 2. The quantitative estimate of drug-likeness (QED) is 0.268. The second kappa shape index (κ2) is 9.70. The molecule has 4 aromatic carbocycles. The molecule has 172 valence electrons. The summed E-state index contributed by atoms with van der Waals surface area (Å²) in [4.78, 5) is 8.43. The standard InChI is InChI=1S/C33H24N2S/c1-24-21-25(13-17-30-10-6-20-36-30)14-18-32(24)35-23-29-9-4-5-11-31(29)34-33(35)19-15-26-12-16-27-7-2-3-8-28(27)22-26/h2-12,14-16,18-23,33H,1H3/b19-15+. The zero-order valence-corrected chi connectivity index (χ0v) is 20.7. The lowest BCUT2D eigenvalue weighted by atomic mass is 10.1. The number of hydrogen-bond donors (Lipinski definition) is 0. The Balaban J connectivity index is 1.36. The van der Waals surface area contributed by atoms with Crippen molar-refractivity contribution in [2.24, 2.45) is 4.99 Å². The van der Waals surface area contributed by atoms with Crippen LogP contribution in [0.3, 0.4) is 0 Å². The van der Waals surface area contributed by atoms with Crippen LogP contribution in [0.1, 0.15) is 21.6 Å². The molecule has 0 radical (unpaired) electrons. The predicted molar refractivity (Wildman–Crippen MR) is 152 cm³/mol. The van der Waals surface area contributed by atoms with Crippen LogP contribution >= 0.6 is 11.3 Å². The van der Waals surface area contributed by atoms with E-state index in [0.29, 0.717) is 0 Å². The van der Waals surface area contributed by atoms with Gasteiger partial charge in [-0.2, -0.15) is 0 Å². The summed E-state index contributed by atoms with van der Waals surface area (Å²) in [6.45, 7) is 2.14. The van der Waals surface area contributed by atoms with Gasteiger partial charge < -0.3 is 4.90 Å². The molecule has 0 aliphatic carbocycles.